The van der Waals surface area contributed by atoms with Gasteiger partial charge in [-0.15, -0.1) is 34.4 Å². The highest BCUT2D eigenvalue weighted by Gasteiger charge is 2.54. The van der Waals surface area contributed by atoms with E-state index in [0.717, 1.165) is 11.3 Å². The number of aliphatic carboxylic acids is 2. The molecule has 2 aliphatic heterocycles. The molecule has 37 heavy (non-hydrogen) atoms. The van der Waals surface area contributed by atoms with Crippen molar-refractivity contribution in [2.45, 2.75) is 29.1 Å². The van der Waals surface area contributed by atoms with Gasteiger partial charge in [0.1, 0.15) is 29.9 Å². The van der Waals surface area contributed by atoms with Gasteiger partial charge in [0.25, 0.3) is 11.8 Å². The van der Waals surface area contributed by atoms with E-state index in [9.17, 15) is 24.3 Å². The zero-order valence-corrected chi connectivity index (χ0v) is 22.6. The van der Waals surface area contributed by atoms with Crippen LogP contribution >= 0.6 is 46.2 Å². The summed E-state index contributed by atoms with van der Waals surface area (Å²) in [5.41, 5.74) is 6.70. The normalized spacial score (nSPS) is 19.4. The quantitative estimate of drug-likeness (QED) is 0.134. The fourth-order valence-corrected chi connectivity index (χ4v) is 7.87. The van der Waals surface area contributed by atoms with Crippen LogP contribution in [-0.2, 0) is 30.4 Å². The van der Waals surface area contributed by atoms with Crippen molar-refractivity contribution in [3.63, 3.8) is 0 Å². The molecule has 2 aromatic rings. The number of aryl methyl sites for hydroxylation is 1. The van der Waals surface area contributed by atoms with E-state index in [2.05, 4.69) is 20.4 Å². The molecule has 196 valence electrons. The van der Waals surface area contributed by atoms with Crippen LogP contribution in [0.2, 0.25) is 0 Å². The molecular weight excluding hydrogens is 565 g/mol. The molecule has 0 saturated carbocycles. The fraction of sp³-hybridized carbons (Fsp3) is 0.350. The molecule has 2 aliphatic rings. The van der Waals surface area contributed by atoms with Crippen LogP contribution < -0.4 is 11.1 Å². The molecule has 4 heterocycles. The summed E-state index contributed by atoms with van der Waals surface area (Å²) < 4.78 is 0.617. The number of oxime groups is 1. The van der Waals surface area contributed by atoms with Gasteiger partial charge in [0, 0.05) is 21.8 Å². The largest absolute Gasteiger partial charge is 0.481 e. The summed E-state index contributed by atoms with van der Waals surface area (Å²) >= 11 is 4.98. The number of carboxylic acid groups (broad SMARTS) is 2. The predicted octanol–water partition coefficient (Wildman–Crippen LogP) is 0.999. The van der Waals surface area contributed by atoms with Crippen LogP contribution in [0.5, 0.6) is 0 Å². The van der Waals surface area contributed by atoms with Crippen LogP contribution in [0.1, 0.15) is 16.3 Å². The summed E-state index contributed by atoms with van der Waals surface area (Å²) in [6, 6.07) is -0.959. The third-order valence-electron chi connectivity index (χ3n) is 5.25. The Kier molecular flexibility index (Phi) is 8.05. The molecule has 17 heteroatoms. The van der Waals surface area contributed by atoms with Crippen LogP contribution in [0.4, 0.5) is 5.13 Å². The number of anilines is 1. The Balaban J connectivity index is 1.47. The molecule has 0 bridgehead atoms. The van der Waals surface area contributed by atoms with E-state index in [1.807, 2.05) is 0 Å². The van der Waals surface area contributed by atoms with E-state index in [1.54, 1.807) is 6.92 Å². The summed E-state index contributed by atoms with van der Waals surface area (Å²) in [6.45, 7) is 1.72. The Bertz CT molecular complexity index is 1340. The van der Waals surface area contributed by atoms with Gasteiger partial charge < -0.3 is 26.1 Å². The molecule has 5 N–H and O–H groups in total. The first-order chi connectivity index (χ1) is 17.6. The number of nitrogens with one attached hydrogen (secondary N) is 1. The number of nitrogen functional groups attached to an aromatic ring is 1. The molecule has 0 aliphatic carbocycles. The number of β-lactam (4-membered cyclic amide) rings is 1. The number of nitrogens with two attached hydrogens (primary N) is 1. The number of carbonyl (C=O) groups excluding carboxylic acids is 2. The molecule has 13 nitrogen and oxygen atoms in total. The van der Waals surface area contributed by atoms with Crippen molar-refractivity contribution in [1.82, 2.24) is 20.2 Å². The van der Waals surface area contributed by atoms with Crippen molar-refractivity contribution in [1.29, 1.82) is 0 Å². The van der Waals surface area contributed by atoms with Crippen molar-refractivity contribution in [3.8, 4) is 0 Å². The first-order valence-corrected chi connectivity index (χ1v) is 14.2. The highest BCUT2D eigenvalue weighted by Crippen LogP contribution is 2.42. The summed E-state index contributed by atoms with van der Waals surface area (Å²) in [5, 5.41) is 26.3. The average molecular weight is 585 g/mol. The summed E-state index contributed by atoms with van der Waals surface area (Å²) in [4.78, 5) is 63.9. The number of carbonyl (C=O) groups is 4. The number of rotatable bonds is 10. The van der Waals surface area contributed by atoms with Crippen molar-refractivity contribution in [3.05, 3.63) is 32.9 Å². The molecule has 0 aromatic carbocycles. The molecule has 0 radical (unpaired) electrons. The van der Waals surface area contributed by atoms with Gasteiger partial charge in [-0.3, -0.25) is 19.3 Å². The van der Waals surface area contributed by atoms with Crippen molar-refractivity contribution >= 4 is 80.8 Å². The lowest BCUT2D eigenvalue weighted by Crippen LogP contribution is -2.71. The Labute approximate surface area is 226 Å². The number of fused-ring (bicyclic) bond motifs is 1. The lowest BCUT2D eigenvalue weighted by atomic mass is 10.0. The first-order valence-electron chi connectivity index (χ1n) is 10.4. The third-order valence-corrected chi connectivity index (χ3v) is 9.65. The van der Waals surface area contributed by atoms with Gasteiger partial charge in [0.05, 0.1) is 12.1 Å². The van der Waals surface area contributed by atoms with E-state index >= 15 is 0 Å². The Morgan fingerprint density at radius 1 is 1.35 bits per heavy atom. The van der Waals surface area contributed by atoms with Crippen LogP contribution in [0, 0.1) is 6.92 Å². The van der Waals surface area contributed by atoms with Crippen molar-refractivity contribution < 1.29 is 34.2 Å². The molecule has 1 fully saturated rings. The number of carboxylic acids is 2. The highest BCUT2D eigenvalue weighted by molar-refractivity contribution is 8.01. The van der Waals surface area contributed by atoms with Gasteiger partial charge in [-0.1, -0.05) is 16.9 Å². The predicted molar refractivity (Wildman–Crippen MR) is 139 cm³/mol. The SMILES string of the molecule is CO/N=C(/C(=O)N[C@@H]1C(=O)N2C(C(=O)O)=C(CSc3nc(C)c(CC(=O)O)s3)CSC12)c1csc(N)n1. The van der Waals surface area contributed by atoms with Gasteiger partial charge in [-0.2, -0.15) is 0 Å². The first kappa shape index (κ1) is 26.9. The van der Waals surface area contributed by atoms with E-state index < -0.39 is 35.2 Å². The minimum Gasteiger partial charge on any atom is -0.481 e. The molecule has 2 amide bonds. The standard InChI is InChI=1S/C20H20N6O7S4/c1-7-10(3-11(27)28)37-20(22-7)36-5-8-4-34-17-13(16(30)26(17)14(8)18(31)32)24-15(29)12(25-33-2)9-6-35-19(21)23-9/h6,13,17H,3-5H2,1-2H3,(H2,21,23)(H,24,29)(H,27,28)(H,31,32)/b25-12+/t13-,17?/m1/s1. The molecule has 1 unspecified atom stereocenters. The lowest BCUT2D eigenvalue weighted by molar-refractivity contribution is -0.150. The van der Waals surface area contributed by atoms with Crippen LogP contribution in [0.15, 0.2) is 26.1 Å². The summed E-state index contributed by atoms with van der Waals surface area (Å²) in [5.74, 6) is -2.89. The summed E-state index contributed by atoms with van der Waals surface area (Å²) in [7, 11) is 1.26. The number of nitrogens with zero attached hydrogens (tertiary/aromatic N) is 4. The average Bonchev–Trinajstić information content (AvgIpc) is 3.42. The number of hydrogen-bond acceptors (Lipinski definition) is 13. The van der Waals surface area contributed by atoms with Crippen molar-refractivity contribution in [2.75, 3.05) is 24.3 Å². The maximum absolute atomic E-state index is 13.0. The van der Waals surface area contributed by atoms with E-state index in [0.29, 0.717) is 26.2 Å². The maximum Gasteiger partial charge on any atom is 0.352 e. The Morgan fingerprint density at radius 2 is 2.11 bits per heavy atom. The van der Waals surface area contributed by atoms with Gasteiger partial charge >= 0.3 is 11.9 Å². The Hall–Kier alpha value is -3.15. The zero-order valence-electron chi connectivity index (χ0n) is 19.3. The minimum absolute atomic E-state index is 0.121. The second-order valence-electron chi connectivity index (χ2n) is 7.66. The van der Waals surface area contributed by atoms with Gasteiger partial charge in [0.2, 0.25) is 0 Å². The monoisotopic (exact) mass is 584 g/mol. The highest BCUT2D eigenvalue weighted by atomic mass is 32.2. The maximum atomic E-state index is 13.0. The second-order valence-corrected chi connectivity index (χ2v) is 12.0. The number of hydrogen-bond donors (Lipinski definition) is 4. The summed E-state index contributed by atoms with van der Waals surface area (Å²) in [6.07, 6.45) is -0.132. The van der Waals surface area contributed by atoms with Crippen LogP contribution in [0.25, 0.3) is 0 Å². The zero-order chi connectivity index (χ0) is 26.9. The number of amides is 2. The second kappa shape index (κ2) is 11.1. The van der Waals surface area contributed by atoms with Gasteiger partial charge in [-0.25, -0.2) is 14.8 Å². The number of thioether (sulfide) groups is 2. The molecule has 4 rings (SSSR count). The van der Waals surface area contributed by atoms with E-state index in [-0.39, 0.29) is 34.4 Å². The molecule has 0 spiro atoms. The van der Waals surface area contributed by atoms with Crippen LogP contribution in [-0.4, -0.2) is 84.6 Å². The molecule has 2 atom stereocenters. The van der Waals surface area contributed by atoms with E-state index in [4.69, 9.17) is 15.7 Å². The minimum atomic E-state index is -1.25. The van der Waals surface area contributed by atoms with E-state index in [1.165, 1.54) is 52.3 Å². The van der Waals surface area contributed by atoms with Crippen molar-refractivity contribution in [2.24, 2.45) is 5.16 Å². The van der Waals surface area contributed by atoms with Gasteiger partial charge in [-0.05, 0) is 12.5 Å². The third kappa shape index (κ3) is 5.58. The topological polar surface area (TPSA) is 197 Å². The molecule has 2 aromatic heterocycles. The van der Waals surface area contributed by atoms with Crippen LogP contribution in [0.3, 0.4) is 0 Å². The number of thiazole rings is 2. The fourth-order valence-electron chi connectivity index (χ4n) is 3.61. The molecule has 1 saturated heterocycles. The lowest BCUT2D eigenvalue weighted by Gasteiger charge is -2.49. The Morgan fingerprint density at radius 3 is 2.73 bits per heavy atom. The molecular formula is C20H20N6O7S4. The van der Waals surface area contributed by atoms with Gasteiger partial charge in [0.15, 0.2) is 15.2 Å². The number of aromatic nitrogens is 2. The smallest absolute Gasteiger partial charge is 0.352 e.